The number of methoxy groups -OCH3 is 2. The molecule has 1 atom stereocenters. The number of para-hydroxylation sites is 2. The molecule has 106 valence electrons. The highest BCUT2D eigenvalue weighted by Gasteiger charge is 2.32. The molecular formula is C17H21O2P. The van der Waals surface area contributed by atoms with Crippen LogP contribution in [0, 0.1) is 0 Å². The Labute approximate surface area is 123 Å². The van der Waals surface area contributed by atoms with Gasteiger partial charge >= 0.3 is 0 Å². The largest absolute Gasteiger partial charge is 0.496 e. The van der Waals surface area contributed by atoms with Crippen LogP contribution in [-0.2, 0) is 5.16 Å². The van der Waals surface area contributed by atoms with Gasteiger partial charge in [0.05, 0.1) is 14.2 Å². The molecule has 0 aromatic heterocycles. The lowest BCUT2D eigenvalue weighted by atomic mass is 9.86. The van der Waals surface area contributed by atoms with Gasteiger partial charge in [0.2, 0.25) is 0 Å². The minimum absolute atomic E-state index is 0.223. The minimum Gasteiger partial charge on any atom is -0.496 e. The van der Waals surface area contributed by atoms with Gasteiger partial charge in [-0.25, -0.2) is 0 Å². The zero-order valence-electron chi connectivity index (χ0n) is 12.2. The first-order chi connectivity index (χ1) is 9.67. The van der Waals surface area contributed by atoms with Crippen molar-refractivity contribution in [2.24, 2.45) is 0 Å². The topological polar surface area (TPSA) is 18.5 Å². The zero-order chi connectivity index (χ0) is 14.6. The standard InChI is InChI=1S/C17H21O2P/c1-4-17(20,13-9-5-7-11-15(13)18-2)14-10-6-8-12-16(14)19-3/h5-12H,4,20H2,1-3H3. The van der Waals surface area contributed by atoms with Crippen LogP contribution in [0.5, 0.6) is 11.5 Å². The molecule has 0 aliphatic heterocycles. The Balaban J connectivity index is 2.64. The van der Waals surface area contributed by atoms with Crippen LogP contribution in [0.15, 0.2) is 48.5 Å². The number of hydrogen-bond acceptors (Lipinski definition) is 2. The van der Waals surface area contributed by atoms with Crippen molar-refractivity contribution < 1.29 is 9.47 Å². The number of rotatable bonds is 5. The molecule has 0 N–H and O–H groups in total. The van der Waals surface area contributed by atoms with Crippen LogP contribution in [0.2, 0.25) is 0 Å². The second-order valence-electron chi connectivity index (χ2n) is 4.73. The van der Waals surface area contributed by atoms with Gasteiger partial charge in [0.15, 0.2) is 0 Å². The highest BCUT2D eigenvalue weighted by molar-refractivity contribution is 7.19. The van der Waals surface area contributed by atoms with Gasteiger partial charge in [0.25, 0.3) is 0 Å². The van der Waals surface area contributed by atoms with Crippen LogP contribution in [0.4, 0.5) is 0 Å². The second-order valence-corrected chi connectivity index (χ2v) is 5.71. The third-order valence-electron chi connectivity index (χ3n) is 3.73. The minimum atomic E-state index is -0.223. The molecule has 2 nitrogen and oxygen atoms in total. The summed E-state index contributed by atoms with van der Waals surface area (Å²) in [5.41, 5.74) is 2.30. The third kappa shape index (κ3) is 2.53. The van der Waals surface area contributed by atoms with Crippen molar-refractivity contribution in [2.75, 3.05) is 14.2 Å². The molecule has 3 heteroatoms. The first-order valence-corrected chi connectivity index (χ1v) is 7.31. The monoisotopic (exact) mass is 288 g/mol. The number of ether oxygens (including phenoxy) is 2. The van der Waals surface area contributed by atoms with Gasteiger partial charge in [-0.15, -0.1) is 9.24 Å². The van der Waals surface area contributed by atoms with E-state index in [0.717, 1.165) is 29.0 Å². The molecule has 0 bridgehead atoms. The Morgan fingerprint density at radius 2 is 1.25 bits per heavy atom. The summed E-state index contributed by atoms with van der Waals surface area (Å²) in [6.07, 6.45) is 0.929. The predicted molar refractivity (Wildman–Crippen MR) is 86.8 cm³/mol. The molecule has 0 spiro atoms. The molecule has 2 rings (SSSR count). The van der Waals surface area contributed by atoms with Crippen LogP contribution in [-0.4, -0.2) is 14.2 Å². The smallest absolute Gasteiger partial charge is 0.123 e. The van der Waals surface area contributed by atoms with Gasteiger partial charge in [0.1, 0.15) is 11.5 Å². The van der Waals surface area contributed by atoms with Crippen molar-refractivity contribution in [3.05, 3.63) is 59.7 Å². The van der Waals surface area contributed by atoms with E-state index >= 15 is 0 Å². The first kappa shape index (κ1) is 14.9. The van der Waals surface area contributed by atoms with Crippen LogP contribution >= 0.6 is 9.24 Å². The Morgan fingerprint density at radius 1 is 0.850 bits per heavy atom. The van der Waals surface area contributed by atoms with E-state index in [0.29, 0.717) is 0 Å². The van der Waals surface area contributed by atoms with Crippen molar-refractivity contribution in [1.82, 2.24) is 0 Å². The maximum absolute atomic E-state index is 5.53. The van der Waals surface area contributed by atoms with Crippen molar-refractivity contribution in [1.29, 1.82) is 0 Å². The number of hydrogen-bond donors (Lipinski definition) is 0. The zero-order valence-corrected chi connectivity index (χ0v) is 13.4. The first-order valence-electron chi connectivity index (χ1n) is 6.73. The Morgan fingerprint density at radius 3 is 1.60 bits per heavy atom. The molecule has 0 fully saturated rings. The summed E-state index contributed by atoms with van der Waals surface area (Å²) in [5, 5.41) is -0.223. The third-order valence-corrected chi connectivity index (χ3v) is 4.76. The van der Waals surface area contributed by atoms with Crippen LogP contribution in [0.3, 0.4) is 0 Å². The quantitative estimate of drug-likeness (QED) is 0.766. The second kappa shape index (κ2) is 6.28. The Hall–Kier alpha value is -1.53. The molecule has 20 heavy (non-hydrogen) atoms. The summed E-state index contributed by atoms with van der Waals surface area (Å²) in [6.45, 7) is 2.17. The lowest BCUT2D eigenvalue weighted by Crippen LogP contribution is -2.20. The SMILES string of the molecule is CCC(P)(c1ccccc1OC)c1ccccc1OC. The van der Waals surface area contributed by atoms with Crippen molar-refractivity contribution in [2.45, 2.75) is 18.5 Å². The van der Waals surface area contributed by atoms with Crippen molar-refractivity contribution in [3.63, 3.8) is 0 Å². The van der Waals surface area contributed by atoms with Crippen LogP contribution in [0.25, 0.3) is 0 Å². The molecule has 0 heterocycles. The van der Waals surface area contributed by atoms with Gasteiger partial charge in [0, 0.05) is 16.3 Å². The highest BCUT2D eigenvalue weighted by Crippen LogP contribution is 2.48. The van der Waals surface area contributed by atoms with E-state index < -0.39 is 0 Å². The fraction of sp³-hybridized carbons (Fsp3) is 0.294. The average molecular weight is 288 g/mol. The van der Waals surface area contributed by atoms with E-state index in [1.165, 1.54) is 0 Å². The van der Waals surface area contributed by atoms with Crippen LogP contribution < -0.4 is 9.47 Å². The van der Waals surface area contributed by atoms with E-state index in [-0.39, 0.29) is 5.16 Å². The van der Waals surface area contributed by atoms with E-state index in [4.69, 9.17) is 9.47 Å². The van der Waals surface area contributed by atoms with Gasteiger partial charge < -0.3 is 9.47 Å². The molecule has 2 aromatic rings. The summed E-state index contributed by atoms with van der Waals surface area (Å²) < 4.78 is 11.1. The maximum Gasteiger partial charge on any atom is 0.123 e. The lowest BCUT2D eigenvalue weighted by Gasteiger charge is -2.32. The van der Waals surface area contributed by atoms with Gasteiger partial charge in [-0.2, -0.15) is 0 Å². The summed E-state index contributed by atoms with van der Waals surface area (Å²) in [5.74, 6) is 1.80. The molecule has 0 saturated heterocycles. The van der Waals surface area contributed by atoms with Gasteiger partial charge in [-0.05, 0) is 18.6 Å². The maximum atomic E-state index is 5.53. The summed E-state index contributed by atoms with van der Waals surface area (Å²) in [6, 6.07) is 16.3. The molecule has 0 radical (unpaired) electrons. The number of benzene rings is 2. The molecule has 0 aliphatic carbocycles. The Bertz CT molecular complexity index is 533. The van der Waals surface area contributed by atoms with E-state index in [1.807, 2.05) is 36.4 Å². The molecule has 1 unspecified atom stereocenters. The molecule has 0 saturated carbocycles. The predicted octanol–water partition coefficient (Wildman–Crippen LogP) is 4.23. The van der Waals surface area contributed by atoms with E-state index in [2.05, 4.69) is 28.3 Å². The van der Waals surface area contributed by atoms with Gasteiger partial charge in [-0.3, -0.25) is 0 Å². The molecule has 0 aliphatic rings. The Kier molecular flexibility index (Phi) is 4.67. The molecule has 2 aromatic carbocycles. The average Bonchev–Trinajstić information content (AvgIpc) is 2.54. The van der Waals surface area contributed by atoms with Crippen molar-refractivity contribution >= 4 is 9.24 Å². The fourth-order valence-corrected chi connectivity index (χ4v) is 3.03. The molecule has 0 amide bonds. The lowest BCUT2D eigenvalue weighted by molar-refractivity contribution is 0.395. The van der Waals surface area contributed by atoms with E-state index in [1.54, 1.807) is 14.2 Å². The molecular weight excluding hydrogens is 267 g/mol. The van der Waals surface area contributed by atoms with Gasteiger partial charge in [-0.1, -0.05) is 43.3 Å². The summed E-state index contributed by atoms with van der Waals surface area (Å²) in [4.78, 5) is 0. The fourth-order valence-electron chi connectivity index (χ4n) is 2.55. The summed E-state index contributed by atoms with van der Waals surface area (Å²) >= 11 is 0. The normalized spacial score (nSPS) is 11.2. The highest BCUT2D eigenvalue weighted by atomic mass is 31.0. The summed E-state index contributed by atoms with van der Waals surface area (Å²) in [7, 11) is 6.41. The van der Waals surface area contributed by atoms with Crippen LogP contribution in [0.1, 0.15) is 24.5 Å². The van der Waals surface area contributed by atoms with Crippen molar-refractivity contribution in [3.8, 4) is 11.5 Å². The van der Waals surface area contributed by atoms with E-state index in [9.17, 15) is 0 Å².